The van der Waals surface area contributed by atoms with Gasteiger partial charge in [0.2, 0.25) is 0 Å². The normalized spacial score (nSPS) is 17.6. The molecule has 1 fully saturated rings. The zero-order valence-corrected chi connectivity index (χ0v) is 11.5. The molecule has 0 radical (unpaired) electrons. The lowest BCUT2D eigenvalue weighted by molar-refractivity contribution is 0.0172. The SMILES string of the molecule is CN(CC(=O)c1cc(F)ccc1F)CC1(O)CCCC1. The first-order valence-corrected chi connectivity index (χ1v) is 6.79. The molecule has 0 atom stereocenters. The summed E-state index contributed by atoms with van der Waals surface area (Å²) in [4.78, 5) is 13.6. The van der Waals surface area contributed by atoms with E-state index in [1.165, 1.54) is 0 Å². The summed E-state index contributed by atoms with van der Waals surface area (Å²) < 4.78 is 26.6. The van der Waals surface area contributed by atoms with Gasteiger partial charge in [-0.3, -0.25) is 9.69 Å². The molecule has 1 aromatic carbocycles. The Morgan fingerprint density at radius 2 is 2.00 bits per heavy atom. The van der Waals surface area contributed by atoms with Crippen LogP contribution in [0.5, 0.6) is 0 Å². The van der Waals surface area contributed by atoms with Crippen molar-refractivity contribution < 1.29 is 18.7 Å². The first kappa shape index (κ1) is 15.1. The standard InChI is InChI=1S/C15H19F2NO2/c1-18(10-15(20)6-2-3-7-15)9-14(19)12-8-11(16)4-5-13(12)17/h4-5,8,20H,2-3,6-7,9-10H2,1H3. The van der Waals surface area contributed by atoms with Crippen molar-refractivity contribution in [3.63, 3.8) is 0 Å². The van der Waals surface area contributed by atoms with Gasteiger partial charge in [-0.15, -0.1) is 0 Å². The third-order valence-corrected chi connectivity index (χ3v) is 3.74. The van der Waals surface area contributed by atoms with Crippen LogP contribution in [0.15, 0.2) is 18.2 Å². The topological polar surface area (TPSA) is 40.5 Å². The van der Waals surface area contributed by atoms with E-state index in [4.69, 9.17) is 0 Å². The Balaban J connectivity index is 1.98. The second-order valence-corrected chi connectivity index (χ2v) is 5.65. The lowest BCUT2D eigenvalue weighted by atomic mass is 10.0. The van der Waals surface area contributed by atoms with Gasteiger partial charge in [-0.2, -0.15) is 0 Å². The number of carbonyl (C=O) groups excluding carboxylic acids is 1. The summed E-state index contributed by atoms with van der Waals surface area (Å²) in [6.45, 7) is 0.332. The van der Waals surface area contributed by atoms with Gasteiger partial charge in [0.1, 0.15) is 11.6 Å². The minimum Gasteiger partial charge on any atom is -0.389 e. The van der Waals surface area contributed by atoms with E-state index in [2.05, 4.69) is 0 Å². The second-order valence-electron chi connectivity index (χ2n) is 5.65. The van der Waals surface area contributed by atoms with Crippen LogP contribution in [0.4, 0.5) is 8.78 Å². The van der Waals surface area contributed by atoms with Crippen LogP contribution in [0.1, 0.15) is 36.0 Å². The molecule has 0 bridgehead atoms. The Morgan fingerprint density at radius 1 is 1.35 bits per heavy atom. The highest BCUT2D eigenvalue weighted by Gasteiger charge is 2.32. The molecule has 1 N–H and O–H groups in total. The Bertz CT molecular complexity index is 499. The van der Waals surface area contributed by atoms with E-state index < -0.39 is 23.0 Å². The minimum absolute atomic E-state index is 0.0390. The van der Waals surface area contributed by atoms with Crippen LogP contribution >= 0.6 is 0 Å². The summed E-state index contributed by atoms with van der Waals surface area (Å²) in [6.07, 6.45) is 3.41. The molecule has 1 saturated carbocycles. The fourth-order valence-corrected chi connectivity index (χ4v) is 2.79. The summed E-state index contributed by atoms with van der Waals surface area (Å²) in [7, 11) is 1.70. The smallest absolute Gasteiger partial charge is 0.179 e. The lowest BCUT2D eigenvalue weighted by Crippen LogP contribution is -2.41. The van der Waals surface area contributed by atoms with Gasteiger partial charge < -0.3 is 5.11 Å². The first-order valence-electron chi connectivity index (χ1n) is 6.79. The van der Waals surface area contributed by atoms with Gasteiger partial charge in [0, 0.05) is 6.54 Å². The second kappa shape index (κ2) is 5.97. The fourth-order valence-electron chi connectivity index (χ4n) is 2.79. The molecule has 1 aliphatic rings. The third-order valence-electron chi connectivity index (χ3n) is 3.74. The number of carbonyl (C=O) groups is 1. The maximum Gasteiger partial charge on any atom is 0.179 e. The van der Waals surface area contributed by atoms with Gasteiger partial charge in [-0.25, -0.2) is 8.78 Å². The molecule has 1 aliphatic carbocycles. The summed E-state index contributed by atoms with van der Waals surface area (Å²) in [5, 5.41) is 10.3. The summed E-state index contributed by atoms with van der Waals surface area (Å²) in [5.74, 6) is -1.83. The number of rotatable bonds is 5. The Labute approximate surface area is 117 Å². The van der Waals surface area contributed by atoms with E-state index in [0.717, 1.165) is 43.9 Å². The zero-order valence-electron chi connectivity index (χ0n) is 11.5. The molecule has 0 aromatic heterocycles. The summed E-state index contributed by atoms with van der Waals surface area (Å²) in [6, 6.07) is 2.85. The predicted molar refractivity (Wildman–Crippen MR) is 71.6 cm³/mol. The molecule has 0 saturated heterocycles. The molecule has 0 spiro atoms. The van der Waals surface area contributed by atoms with Crippen molar-refractivity contribution in [3.8, 4) is 0 Å². The number of Topliss-reactive ketones (excluding diaryl/α,β-unsaturated/α-hetero) is 1. The van der Waals surface area contributed by atoms with Crippen molar-refractivity contribution in [2.75, 3.05) is 20.1 Å². The van der Waals surface area contributed by atoms with E-state index in [1.54, 1.807) is 11.9 Å². The van der Waals surface area contributed by atoms with Crippen LogP contribution < -0.4 is 0 Å². The number of ketones is 1. The van der Waals surface area contributed by atoms with Gasteiger partial charge in [0.25, 0.3) is 0 Å². The number of hydrogen-bond donors (Lipinski definition) is 1. The van der Waals surface area contributed by atoms with E-state index in [1.807, 2.05) is 0 Å². The number of aliphatic hydroxyl groups is 1. The molecule has 5 heteroatoms. The first-order chi connectivity index (χ1) is 9.39. The molecule has 1 aromatic rings. The Hall–Kier alpha value is -1.33. The van der Waals surface area contributed by atoms with Gasteiger partial charge >= 0.3 is 0 Å². The molecular weight excluding hydrogens is 264 g/mol. The van der Waals surface area contributed by atoms with Crippen molar-refractivity contribution in [2.45, 2.75) is 31.3 Å². The van der Waals surface area contributed by atoms with Gasteiger partial charge in [0.15, 0.2) is 5.78 Å². The maximum absolute atomic E-state index is 13.5. The summed E-state index contributed by atoms with van der Waals surface area (Å²) in [5.41, 5.74) is -0.995. The Kier molecular flexibility index (Phi) is 4.50. The largest absolute Gasteiger partial charge is 0.389 e. The number of likely N-dealkylation sites (N-methyl/N-ethyl adjacent to an activating group) is 1. The molecule has 0 aliphatic heterocycles. The number of halogens is 2. The fraction of sp³-hybridized carbons (Fsp3) is 0.533. The highest BCUT2D eigenvalue weighted by molar-refractivity contribution is 5.97. The molecule has 110 valence electrons. The van der Waals surface area contributed by atoms with E-state index >= 15 is 0 Å². The molecule has 0 unspecified atom stereocenters. The molecule has 20 heavy (non-hydrogen) atoms. The molecule has 2 rings (SSSR count). The van der Waals surface area contributed by atoms with Crippen molar-refractivity contribution in [1.82, 2.24) is 4.90 Å². The van der Waals surface area contributed by atoms with E-state index in [-0.39, 0.29) is 12.1 Å². The van der Waals surface area contributed by atoms with E-state index in [9.17, 15) is 18.7 Å². The van der Waals surface area contributed by atoms with Crippen molar-refractivity contribution in [3.05, 3.63) is 35.4 Å². The van der Waals surface area contributed by atoms with Crippen LogP contribution in [0.2, 0.25) is 0 Å². The lowest BCUT2D eigenvalue weighted by Gasteiger charge is -2.28. The van der Waals surface area contributed by atoms with Gasteiger partial charge in [-0.1, -0.05) is 12.8 Å². The molecular formula is C15H19F2NO2. The van der Waals surface area contributed by atoms with Crippen LogP contribution in [0.3, 0.4) is 0 Å². The zero-order chi connectivity index (χ0) is 14.8. The van der Waals surface area contributed by atoms with Gasteiger partial charge in [0.05, 0.1) is 17.7 Å². The average molecular weight is 283 g/mol. The quantitative estimate of drug-likeness (QED) is 0.844. The molecule has 0 heterocycles. The van der Waals surface area contributed by atoms with Crippen molar-refractivity contribution in [1.29, 1.82) is 0 Å². The number of benzene rings is 1. The monoisotopic (exact) mass is 283 g/mol. The third kappa shape index (κ3) is 3.61. The van der Waals surface area contributed by atoms with Gasteiger partial charge in [-0.05, 0) is 38.1 Å². The Morgan fingerprint density at radius 3 is 2.65 bits per heavy atom. The van der Waals surface area contributed by atoms with E-state index in [0.29, 0.717) is 6.54 Å². The highest BCUT2D eigenvalue weighted by Crippen LogP contribution is 2.29. The highest BCUT2D eigenvalue weighted by atomic mass is 19.1. The minimum atomic E-state index is -0.754. The summed E-state index contributed by atoms with van der Waals surface area (Å²) >= 11 is 0. The van der Waals surface area contributed by atoms with Crippen molar-refractivity contribution >= 4 is 5.78 Å². The molecule has 3 nitrogen and oxygen atoms in total. The van der Waals surface area contributed by atoms with Crippen LogP contribution in [-0.4, -0.2) is 41.5 Å². The van der Waals surface area contributed by atoms with Crippen LogP contribution in [0.25, 0.3) is 0 Å². The predicted octanol–water partition coefficient (Wildman–Crippen LogP) is 2.38. The van der Waals surface area contributed by atoms with Crippen LogP contribution in [0, 0.1) is 11.6 Å². The number of nitrogens with zero attached hydrogens (tertiary/aromatic N) is 1. The van der Waals surface area contributed by atoms with Crippen LogP contribution in [-0.2, 0) is 0 Å². The average Bonchev–Trinajstić information content (AvgIpc) is 2.78. The number of hydrogen-bond acceptors (Lipinski definition) is 3. The maximum atomic E-state index is 13.5. The van der Waals surface area contributed by atoms with Crippen molar-refractivity contribution in [2.24, 2.45) is 0 Å². The molecule has 0 amide bonds.